The third-order valence-electron chi connectivity index (χ3n) is 3.84. The summed E-state index contributed by atoms with van der Waals surface area (Å²) < 4.78 is 13.1. The summed E-state index contributed by atoms with van der Waals surface area (Å²) in [6.45, 7) is 2.13. The molecule has 4 nitrogen and oxygen atoms in total. The van der Waals surface area contributed by atoms with E-state index in [0.717, 1.165) is 16.5 Å². The monoisotopic (exact) mass is 324 g/mol. The number of benzene rings is 2. The number of rotatable bonds is 4. The lowest BCUT2D eigenvalue weighted by Gasteiger charge is -2.07. The zero-order chi connectivity index (χ0) is 17.1. The SMILES string of the molecule is Cc1cc2cc(CNC(=O)Cc3cccc(F)c3)ccc2[nH]c1=O. The van der Waals surface area contributed by atoms with Crippen molar-refractivity contribution in [2.24, 2.45) is 0 Å². The number of fused-ring (bicyclic) bond motifs is 1. The molecule has 1 amide bonds. The van der Waals surface area contributed by atoms with Crippen molar-refractivity contribution in [3.8, 4) is 0 Å². The van der Waals surface area contributed by atoms with Crippen LogP contribution in [0.5, 0.6) is 0 Å². The second kappa shape index (κ2) is 6.66. The zero-order valence-corrected chi connectivity index (χ0v) is 13.2. The van der Waals surface area contributed by atoms with Crippen LogP contribution < -0.4 is 10.9 Å². The van der Waals surface area contributed by atoms with Crippen LogP contribution in [-0.4, -0.2) is 10.9 Å². The number of aromatic amines is 1. The molecule has 0 unspecified atom stereocenters. The average molecular weight is 324 g/mol. The Kier molecular flexibility index (Phi) is 4.42. The van der Waals surface area contributed by atoms with Gasteiger partial charge in [-0.3, -0.25) is 9.59 Å². The van der Waals surface area contributed by atoms with Crippen molar-refractivity contribution in [1.82, 2.24) is 10.3 Å². The Morgan fingerprint density at radius 3 is 2.75 bits per heavy atom. The highest BCUT2D eigenvalue weighted by Crippen LogP contribution is 2.13. The fourth-order valence-electron chi connectivity index (χ4n) is 2.57. The van der Waals surface area contributed by atoms with E-state index in [1.807, 2.05) is 24.3 Å². The number of pyridine rings is 1. The molecule has 122 valence electrons. The van der Waals surface area contributed by atoms with E-state index in [2.05, 4.69) is 10.3 Å². The lowest BCUT2D eigenvalue weighted by atomic mass is 10.1. The van der Waals surface area contributed by atoms with Crippen LogP contribution in [0.25, 0.3) is 10.9 Å². The summed E-state index contributed by atoms with van der Waals surface area (Å²) >= 11 is 0. The maximum Gasteiger partial charge on any atom is 0.251 e. The number of aromatic nitrogens is 1. The predicted octanol–water partition coefficient (Wildman–Crippen LogP) is 2.83. The van der Waals surface area contributed by atoms with Gasteiger partial charge in [-0.25, -0.2) is 4.39 Å². The summed E-state index contributed by atoms with van der Waals surface area (Å²) in [6, 6.07) is 13.5. The van der Waals surface area contributed by atoms with E-state index in [0.29, 0.717) is 17.7 Å². The topological polar surface area (TPSA) is 62.0 Å². The minimum Gasteiger partial charge on any atom is -0.352 e. The van der Waals surface area contributed by atoms with Gasteiger partial charge in [0.25, 0.3) is 5.56 Å². The molecular formula is C19H17FN2O2. The van der Waals surface area contributed by atoms with Gasteiger partial charge < -0.3 is 10.3 Å². The molecule has 0 atom stereocenters. The molecule has 0 aliphatic carbocycles. The van der Waals surface area contributed by atoms with Crippen LogP contribution in [0, 0.1) is 12.7 Å². The van der Waals surface area contributed by atoms with Gasteiger partial charge in [-0.1, -0.05) is 18.2 Å². The van der Waals surface area contributed by atoms with E-state index in [4.69, 9.17) is 0 Å². The molecule has 0 aliphatic heterocycles. The quantitative estimate of drug-likeness (QED) is 0.775. The van der Waals surface area contributed by atoms with Crippen LogP contribution in [0.15, 0.2) is 53.3 Å². The van der Waals surface area contributed by atoms with Crippen LogP contribution in [-0.2, 0) is 17.8 Å². The van der Waals surface area contributed by atoms with Crippen LogP contribution in [0.4, 0.5) is 4.39 Å². The van der Waals surface area contributed by atoms with Gasteiger partial charge in [0.1, 0.15) is 5.82 Å². The highest BCUT2D eigenvalue weighted by molar-refractivity contribution is 5.80. The summed E-state index contributed by atoms with van der Waals surface area (Å²) in [5, 5.41) is 3.74. The molecule has 0 bridgehead atoms. The highest BCUT2D eigenvalue weighted by Gasteiger charge is 2.05. The Hall–Kier alpha value is -2.95. The van der Waals surface area contributed by atoms with Gasteiger partial charge in [-0.05, 0) is 53.8 Å². The lowest BCUT2D eigenvalue weighted by Crippen LogP contribution is -2.24. The first-order chi connectivity index (χ1) is 11.5. The number of H-pyrrole nitrogens is 1. The molecule has 0 spiro atoms. The molecule has 1 aromatic heterocycles. The lowest BCUT2D eigenvalue weighted by molar-refractivity contribution is -0.120. The first-order valence-electron chi connectivity index (χ1n) is 7.65. The highest BCUT2D eigenvalue weighted by atomic mass is 19.1. The summed E-state index contributed by atoms with van der Waals surface area (Å²) in [4.78, 5) is 26.4. The molecule has 24 heavy (non-hydrogen) atoms. The van der Waals surface area contributed by atoms with E-state index in [1.165, 1.54) is 12.1 Å². The summed E-state index contributed by atoms with van der Waals surface area (Å²) in [5.41, 5.74) is 2.88. The average Bonchev–Trinajstić information content (AvgIpc) is 2.54. The third-order valence-corrected chi connectivity index (χ3v) is 3.84. The number of carbonyl (C=O) groups is 1. The summed E-state index contributed by atoms with van der Waals surface area (Å²) in [7, 11) is 0. The molecule has 0 saturated heterocycles. The Morgan fingerprint density at radius 1 is 1.12 bits per heavy atom. The van der Waals surface area contributed by atoms with Gasteiger partial charge >= 0.3 is 0 Å². The fraction of sp³-hybridized carbons (Fsp3) is 0.158. The van der Waals surface area contributed by atoms with Crippen molar-refractivity contribution >= 4 is 16.8 Å². The molecule has 5 heteroatoms. The maximum absolute atomic E-state index is 13.1. The zero-order valence-electron chi connectivity index (χ0n) is 13.2. The van der Waals surface area contributed by atoms with Crippen molar-refractivity contribution in [3.05, 3.63) is 81.4 Å². The fourth-order valence-corrected chi connectivity index (χ4v) is 2.57. The molecule has 0 aliphatic rings. The second-order valence-corrected chi connectivity index (χ2v) is 5.79. The van der Waals surface area contributed by atoms with Crippen LogP contribution >= 0.6 is 0 Å². The number of carbonyl (C=O) groups excluding carboxylic acids is 1. The second-order valence-electron chi connectivity index (χ2n) is 5.79. The normalized spacial score (nSPS) is 10.8. The van der Waals surface area contributed by atoms with Crippen molar-refractivity contribution < 1.29 is 9.18 Å². The number of hydrogen-bond acceptors (Lipinski definition) is 2. The Balaban J connectivity index is 1.67. The molecule has 0 radical (unpaired) electrons. The molecule has 2 N–H and O–H groups in total. The first kappa shape index (κ1) is 15.9. The largest absolute Gasteiger partial charge is 0.352 e. The maximum atomic E-state index is 13.1. The number of halogens is 1. The van der Waals surface area contributed by atoms with Crippen LogP contribution in [0.2, 0.25) is 0 Å². The first-order valence-corrected chi connectivity index (χ1v) is 7.65. The number of amides is 1. The van der Waals surface area contributed by atoms with Crippen molar-refractivity contribution in [2.45, 2.75) is 19.9 Å². The van der Waals surface area contributed by atoms with Gasteiger partial charge in [0.05, 0.1) is 6.42 Å². The molecule has 0 saturated carbocycles. The number of aryl methyl sites for hydroxylation is 1. The van der Waals surface area contributed by atoms with E-state index < -0.39 is 0 Å². The van der Waals surface area contributed by atoms with E-state index in [-0.39, 0.29) is 23.7 Å². The van der Waals surface area contributed by atoms with Crippen LogP contribution in [0.3, 0.4) is 0 Å². The van der Waals surface area contributed by atoms with E-state index in [1.54, 1.807) is 19.1 Å². The third kappa shape index (κ3) is 3.68. The number of hydrogen-bond donors (Lipinski definition) is 2. The minimum atomic E-state index is -0.348. The molecule has 1 heterocycles. The Morgan fingerprint density at radius 2 is 1.96 bits per heavy atom. The Bertz CT molecular complexity index is 963. The summed E-state index contributed by atoms with van der Waals surface area (Å²) in [6.07, 6.45) is 0.137. The van der Waals surface area contributed by atoms with Gasteiger partial charge in [0.2, 0.25) is 5.91 Å². The number of nitrogens with one attached hydrogen (secondary N) is 2. The van der Waals surface area contributed by atoms with Gasteiger partial charge in [0, 0.05) is 17.6 Å². The molecular weight excluding hydrogens is 307 g/mol. The molecule has 0 fully saturated rings. The van der Waals surface area contributed by atoms with Crippen molar-refractivity contribution in [1.29, 1.82) is 0 Å². The minimum absolute atomic E-state index is 0.0985. The molecule has 2 aromatic carbocycles. The van der Waals surface area contributed by atoms with Gasteiger partial charge in [-0.15, -0.1) is 0 Å². The van der Waals surface area contributed by atoms with E-state index >= 15 is 0 Å². The summed E-state index contributed by atoms with van der Waals surface area (Å²) in [5.74, 6) is -0.516. The van der Waals surface area contributed by atoms with Gasteiger partial charge in [0.15, 0.2) is 0 Å². The smallest absolute Gasteiger partial charge is 0.251 e. The van der Waals surface area contributed by atoms with Crippen LogP contribution in [0.1, 0.15) is 16.7 Å². The van der Waals surface area contributed by atoms with Crippen molar-refractivity contribution in [2.75, 3.05) is 0 Å². The van der Waals surface area contributed by atoms with Gasteiger partial charge in [-0.2, -0.15) is 0 Å². The predicted molar refractivity (Wildman–Crippen MR) is 91.3 cm³/mol. The molecule has 3 rings (SSSR count). The molecule has 3 aromatic rings. The van der Waals surface area contributed by atoms with Crippen molar-refractivity contribution in [3.63, 3.8) is 0 Å². The van der Waals surface area contributed by atoms with E-state index in [9.17, 15) is 14.0 Å². The standard InChI is InChI=1S/C19H17FN2O2/c1-12-7-15-8-14(5-6-17(15)22-19(12)24)11-21-18(23)10-13-3-2-4-16(20)9-13/h2-9H,10-11H2,1H3,(H,21,23)(H,22,24). The Labute approximate surface area is 138 Å².